The maximum Gasteiger partial charge on any atom is 0.123 e. The van der Waals surface area contributed by atoms with Gasteiger partial charge in [-0.3, -0.25) is 9.58 Å². The molecular weight excluding hydrogens is 269 g/mol. The van der Waals surface area contributed by atoms with Crippen LogP contribution in [0.25, 0.3) is 0 Å². The number of aliphatic hydroxyl groups excluding tert-OH is 1. The smallest absolute Gasteiger partial charge is 0.123 e. The number of nitrogens with zero attached hydrogens (tertiary/aromatic N) is 3. The largest absolute Gasteiger partial charge is 0.390 e. The summed E-state index contributed by atoms with van der Waals surface area (Å²) in [5.74, 6) is -0.201. The average molecular weight is 289 g/mol. The lowest BCUT2D eigenvalue weighted by Crippen LogP contribution is -2.59. The second-order valence-electron chi connectivity index (χ2n) is 6.12. The van der Waals surface area contributed by atoms with Gasteiger partial charge in [-0.15, -0.1) is 0 Å². The van der Waals surface area contributed by atoms with E-state index in [-0.39, 0.29) is 11.2 Å². The fraction of sp³-hybridized carbons (Fsp3) is 0.438. The normalized spacial score (nSPS) is 19.2. The summed E-state index contributed by atoms with van der Waals surface area (Å²) in [7, 11) is 0. The van der Waals surface area contributed by atoms with E-state index in [0.717, 1.165) is 18.7 Å². The van der Waals surface area contributed by atoms with E-state index in [4.69, 9.17) is 0 Å². The molecule has 1 aliphatic heterocycles. The molecule has 2 aromatic rings. The van der Waals surface area contributed by atoms with Gasteiger partial charge in [0.05, 0.1) is 12.6 Å². The number of aliphatic hydroxyl groups is 1. The van der Waals surface area contributed by atoms with E-state index >= 15 is 0 Å². The first-order valence-corrected chi connectivity index (χ1v) is 7.19. The predicted molar refractivity (Wildman–Crippen MR) is 78.4 cm³/mol. The van der Waals surface area contributed by atoms with Crippen molar-refractivity contribution in [3.05, 3.63) is 54.1 Å². The van der Waals surface area contributed by atoms with Crippen LogP contribution in [0.15, 0.2) is 42.7 Å². The molecule has 0 aliphatic carbocycles. The minimum absolute atomic E-state index is 0.0547. The molecule has 1 aromatic heterocycles. The highest BCUT2D eigenvalue weighted by Crippen LogP contribution is 2.34. The maximum absolute atomic E-state index is 13.0. The van der Waals surface area contributed by atoms with Gasteiger partial charge in [0, 0.05) is 37.4 Å². The van der Waals surface area contributed by atoms with Gasteiger partial charge < -0.3 is 5.11 Å². The molecule has 1 unspecified atom stereocenters. The number of rotatable bonds is 5. The Kier molecular flexibility index (Phi) is 3.78. The highest BCUT2D eigenvalue weighted by atomic mass is 19.1. The molecule has 1 fully saturated rings. The molecule has 5 heteroatoms. The van der Waals surface area contributed by atoms with Gasteiger partial charge in [0.1, 0.15) is 5.82 Å². The Bertz CT molecular complexity index is 576. The number of halogens is 1. The van der Waals surface area contributed by atoms with E-state index in [9.17, 15) is 9.50 Å². The Balaban J connectivity index is 1.51. The quantitative estimate of drug-likeness (QED) is 0.910. The number of hydrogen-bond donors (Lipinski definition) is 1. The number of benzene rings is 1. The van der Waals surface area contributed by atoms with Crippen LogP contribution in [0.5, 0.6) is 0 Å². The standard InChI is InChI=1S/C16H20FN3O/c1-16(13-3-5-14(17)6-4-13)11-19(12-16)9-15(21)10-20-8-2-7-18-20/h2-8,15,21H,9-12H2,1H3. The second kappa shape index (κ2) is 5.58. The molecule has 1 aliphatic rings. The van der Waals surface area contributed by atoms with E-state index in [1.54, 1.807) is 10.9 Å². The fourth-order valence-corrected chi connectivity index (χ4v) is 3.08. The topological polar surface area (TPSA) is 41.3 Å². The molecule has 112 valence electrons. The van der Waals surface area contributed by atoms with Crippen LogP contribution < -0.4 is 0 Å². The Morgan fingerprint density at radius 1 is 1.29 bits per heavy atom. The minimum atomic E-state index is -0.428. The maximum atomic E-state index is 13.0. The highest BCUT2D eigenvalue weighted by molar-refractivity contribution is 5.29. The number of likely N-dealkylation sites (tertiary alicyclic amines) is 1. The predicted octanol–water partition coefficient (Wildman–Crippen LogP) is 1.66. The molecule has 0 amide bonds. The second-order valence-corrected chi connectivity index (χ2v) is 6.12. The molecule has 1 saturated heterocycles. The molecule has 1 N–H and O–H groups in total. The van der Waals surface area contributed by atoms with Gasteiger partial charge in [0.2, 0.25) is 0 Å². The molecule has 4 nitrogen and oxygen atoms in total. The van der Waals surface area contributed by atoms with E-state index in [0.29, 0.717) is 13.1 Å². The van der Waals surface area contributed by atoms with Gasteiger partial charge in [-0.1, -0.05) is 19.1 Å². The van der Waals surface area contributed by atoms with Gasteiger partial charge >= 0.3 is 0 Å². The third-order valence-electron chi connectivity index (χ3n) is 4.11. The van der Waals surface area contributed by atoms with E-state index in [1.165, 1.54) is 12.1 Å². The van der Waals surface area contributed by atoms with Crippen molar-refractivity contribution in [3.8, 4) is 0 Å². The van der Waals surface area contributed by atoms with Crippen molar-refractivity contribution in [2.24, 2.45) is 0 Å². The van der Waals surface area contributed by atoms with Crippen LogP contribution in [0.4, 0.5) is 4.39 Å². The van der Waals surface area contributed by atoms with Crippen LogP contribution in [-0.2, 0) is 12.0 Å². The van der Waals surface area contributed by atoms with Crippen molar-refractivity contribution in [1.82, 2.24) is 14.7 Å². The molecule has 1 aromatic carbocycles. The molecule has 0 spiro atoms. The van der Waals surface area contributed by atoms with Crippen LogP contribution in [0.2, 0.25) is 0 Å². The molecule has 21 heavy (non-hydrogen) atoms. The summed E-state index contributed by atoms with van der Waals surface area (Å²) >= 11 is 0. The summed E-state index contributed by atoms with van der Waals surface area (Å²) in [6, 6.07) is 8.58. The third-order valence-corrected chi connectivity index (χ3v) is 4.11. The van der Waals surface area contributed by atoms with Crippen molar-refractivity contribution in [1.29, 1.82) is 0 Å². The fourth-order valence-electron chi connectivity index (χ4n) is 3.08. The van der Waals surface area contributed by atoms with Crippen LogP contribution in [0.3, 0.4) is 0 Å². The summed E-state index contributed by atoms with van der Waals surface area (Å²) in [5, 5.41) is 14.2. The molecular formula is C16H20FN3O. The van der Waals surface area contributed by atoms with Crippen LogP contribution in [0, 0.1) is 5.82 Å². The molecule has 0 bridgehead atoms. The van der Waals surface area contributed by atoms with Crippen LogP contribution in [0.1, 0.15) is 12.5 Å². The Labute approximate surface area is 123 Å². The first kappa shape index (κ1) is 14.2. The van der Waals surface area contributed by atoms with Crippen molar-refractivity contribution < 1.29 is 9.50 Å². The van der Waals surface area contributed by atoms with Gasteiger partial charge in [0.25, 0.3) is 0 Å². The molecule has 0 radical (unpaired) electrons. The van der Waals surface area contributed by atoms with Crippen LogP contribution >= 0.6 is 0 Å². The van der Waals surface area contributed by atoms with Gasteiger partial charge in [-0.25, -0.2) is 4.39 Å². The van der Waals surface area contributed by atoms with Crippen molar-refractivity contribution in [3.63, 3.8) is 0 Å². The lowest BCUT2D eigenvalue weighted by molar-refractivity contribution is 0.0199. The SMILES string of the molecule is CC1(c2ccc(F)cc2)CN(CC(O)Cn2cccn2)C1. The highest BCUT2D eigenvalue weighted by Gasteiger charge is 2.40. The zero-order valence-corrected chi connectivity index (χ0v) is 12.1. The van der Waals surface area contributed by atoms with Crippen molar-refractivity contribution in [2.45, 2.75) is 25.0 Å². The molecule has 0 saturated carbocycles. The lowest BCUT2D eigenvalue weighted by Gasteiger charge is -2.49. The Hall–Kier alpha value is -1.72. The first-order valence-electron chi connectivity index (χ1n) is 7.19. The molecule has 2 heterocycles. The lowest BCUT2D eigenvalue weighted by atomic mass is 9.75. The average Bonchev–Trinajstić information content (AvgIpc) is 2.90. The third kappa shape index (κ3) is 3.14. The number of hydrogen-bond acceptors (Lipinski definition) is 3. The number of aromatic nitrogens is 2. The van der Waals surface area contributed by atoms with Gasteiger partial charge in [0.15, 0.2) is 0 Å². The summed E-state index contributed by atoms with van der Waals surface area (Å²) in [6.45, 7) is 5.09. The first-order chi connectivity index (χ1) is 10.0. The molecule has 3 rings (SSSR count). The van der Waals surface area contributed by atoms with E-state index < -0.39 is 6.10 Å². The van der Waals surface area contributed by atoms with E-state index in [1.807, 2.05) is 24.4 Å². The number of β-amino-alcohol motifs (C(OH)–C–C–N with tert-alkyl or cyclic N) is 1. The van der Waals surface area contributed by atoms with Crippen molar-refractivity contribution >= 4 is 0 Å². The summed E-state index contributed by atoms with van der Waals surface area (Å²) < 4.78 is 14.7. The Morgan fingerprint density at radius 3 is 2.62 bits per heavy atom. The zero-order valence-electron chi connectivity index (χ0n) is 12.1. The monoisotopic (exact) mass is 289 g/mol. The minimum Gasteiger partial charge on any atom is -0.390 e. The summed E-state index contributed by atoms with van der Waals surface area (Å²) in [6.07, 6.45) is 3.13. The molecule has 1 atom stereocenters. The summed E-state index contributed by atoms with van der Waals surface area (Å²) in [4.78, 5) is 2.22. The zero-order chi connectivity index (χ0) is 14.9. The van der Waals surface area contributed by atoms with E-state index in [2.05, 4.69) is 16.9 Å². The van der Waals surface area contributed by atoms with Gasteiger partial charge in [-0.2, -0.15) is 5.10 Å². The van der Waals surface area contributed by atoms with Crippen LogP contribution in [-0.4, -0.2) is 45.5 Å². The van der Waals surface area contributed by atoms with Crippen molar-refractivity contribution in [2.75, 3.05) is 19.6 Å². The van der Waals surface area contributed by atoms with Gasteiger partial charge in [-0.05, 0) is 23.8 Å². The Morgan fingerprint density at radius 2 is 2.00 bits per heavy atom. The summed E-state index contributed by atoms with van der Waals surface area (Å²) in [5.41, 5.74) is 1.21.